The van der Waals surface area contributed by atoms with Gasteiger partial charge in [0, 0.05) is 13.2 Å². The number of aliphatic hydroxyl groups is 2. The number of nitrogens with one attached hydrogen (secondary N) is 1. The maximum Gasteiger partial charge on any atom is 0.323 e. The SMILES string of the molecule is COC1(O)NN=CC=C1O. The van der Waals surface area contributed by atoms with E-state index in [-0.39, 0.29) is 5.76 Å². The van der Waals surface area contributed by atoms with Gasteiger partial charge in [0.05, 0.1) is 6.21 Å². The van der Waals surface area contributed by atoms with E-state index in [0.29, 0.717) is 0 Å². The third-order valence-electron chi connectivity index (χ3n) is 1.17. The van der Waals surface area contributed by atoms with Crippen LogP contribution in [0.25, 0.3) is 0 Å². The lowest BCUT2D eigenvalue weighted by Gasteiger charge is -2.25. The third kappa shape index (κ3) is 0.960. The zero-order chi connectivity index (χ0) is 7.61. The minimum atomic E-state index is -1.85. The first kappa shape index (κ1) is 7.04. The largest absolute Gasteiger partial charge is 0.505 e. The molecule has 0 aromatic carbocycles. The molecule has 5 nitrogen and oxygen atoms in total. The van der Waals surface area contributed by atoms with Crippen LogP contribution in [-0.4, -0.2) is 29.4 Å². The van der Waals surface area contributed by atoms with Crippen molar-refractivity contribution < 1.29 is 14.9 Å². The molecule has 0 saturated heterocycles. The molecule has 1 aliphatic rings. The van der Waals surface area contributed by atoms with E-state index in [2.05, 4.69) is 15.3 Å². The van der Waals surface area contributed by atoms with E-state index in [1.807, 2.05) is 0 Å². The van der Waals surface area contributed by atoms with E-state index < -0.39 is 5.91 Å². The molecule has 10 heavy (non-hydrogen) atoms. The van der Waals surface area contributed by atoms with Crippen LogP contribution >= 0.6 is 0 Å². The van der Waals surface area contributed by atoms with Crippen molar-refractivity contribution in [2.75, 3.05) is 7.11 Å². The van der Waals surface area contributed by atoms with E-state index in [0.717, 1.165) is 0 Å². The second kappa shape index (κ2) is 2.28. The fourth-order valence-corrected chi connectivity index (χ4v) is 0.553. The monoisotopic (exact) mass is 144 g/mol. The number of hydrazone groups is 1. The summed E-state index contributed by atoms with van der Waals surface area (Å²) in [5.41, 5.74) is 2.18. The van der Waals surface area contributed by atoms with Gasteiger partial charge in [-0.25, -0.2) is 5.43 Å². The standard InChI is InChI=1S/C5H8N2O3/c1-10-5(9)4(8)2-3-6-7-5/h2-3,7-9H,1H3. The van der Waals surface area contributed by atoms with Gasteiger partial charge in [-0.15, -0.1) is 0 Å². The molecule has 0 saturated carbocycles. The highest BCUT2D eigenvalue weighted by Crippen LogP contribution is 2.12. The Kier molecular flexibility index (Phi) is 1.60. The molecule has 1 aliphatic heterocycles. The Bertz CT molecular complexity index is 189. The highest BCUT2D eigenvalue weighted by atomic mass is 16.7. The Morgan fingerprint density at radius 1 is 1.80 bits per heavy atom. The first-order valence-electron chi connectivity index (χ1n) is 2.66. The molecule has 0 amide bonds. The second-order valence-electron chi connectivity index (χ2n) is 1.79. The van der Waals surface area contributed by atoms with Gasteiger partial charge >= 0.3 is 5.91 Å². The van der Waals surface area contributed by atoms with E-state index in [9.17, 15) is 5.11 Å². The van der Waals surface area contributed by atoms with Gasteiger partial charge in [-0.05, 0) is 0 Å². The van der Waals surface area contributed by atoms with Crippen LogP contribution in [0.4, 0.5) is 0 Å². The highest BCUT2D eigenvalue weighted by Gasteiger charge is 2.32. The molecule has 0 bridgehead atoms. The predicted octanol–water partition coefficient (Wildman–Crippen LogP) is -0.690. The summed E-state index contributed by atoms with van der Waals surface area (Å²) in [5, 5.41) is 21.6. The van der Waals surface area contributed by atoms with Crippen molar-refractivity contribution in [3.8, 4) is 0 Å². The molecule has 0 aromatic rings. The fraction of sp³-hybridized carbons (Fsp3) is 0.400. The molecule has 0 aliphatic carbocycles. The molecule has 5 heteroatoms. The Morgan fingerprint density at radius 2 is 2.50 bits per heavy atom. The van der Waals surface area contributed by atoms with Crippen molar-refractivity contribution >= 4 is 6.21 Å². The topological polar surface area (TPSA) is 74.1 Å². The predicted molar refractivity (Wildman–Crippen MR) is 34.3 cm³/mol. The van der Waals surface area contributed by atoms with Crippen molar-refractivity contribution in [1.82, 2.24) is 5.43 Å². The molecule has 0 spiro atoms. The molecular formula is C5H8N2O3. The van der Waals surface area contributed by atoms with E-state index >= 15 is 0 Å². The molecule has 1 heterocycles. The summed E-state index contributed by atoms with van der Waals surface area (Å²) in [5.74, 6) is -2.17. The maximum absolute atomic E-state index is 9.18. The van der Waals surface area contributed by atoms with Gasteiger partial charge in [0.25, 0.3) is 0 Å². The summed E-state index contributed by atoms with van der Waals surface area (Å²) in [4.78, 5) is 0. The summed E-state index contributed by atoms with van der Waals surface area (Å²) < 4.78 is 4.50. The lowest BCUT2D eigenvalue weighted by atomic mass is 10.3. The Labute approximate surface area is 57.6 Å². The Morgan fingerprint density at radius 3 is 2.90 bits per heavy atom. The molecule has 0 fully saturated rings. The van der Waals surface area contributed by atoms with E-state index in [1.165, 1.54) is 19.4 Å². The van der Waals surface area contributed by atoms with E-state index in [4.69, 9.17) is 5.11 Å². The van der Waals surface area contributed by atoms with Crippen molar-refractivity contribution in [2.24, 2.45) is 5.10 Å². The first-order chi connectivity index (χ1) is 4.69. The van der Waals surface area contributed by atoms with Crippen LogP contribution < -0.4 is 5.43 Å². The van der Waals surface area contributed by atoms with Crippen molar-refractivity contribution in [3.05, 3.63) is 11.8 Å². The molecule has 0 radical (unpaired) electrons. The van der Waals surface area contributed by atoms with Crippen LogP contribution in [0.15, 0.2) is 16.9 Å². The van der Waals surface area contributed by atoms with Gasteiger partial charge in [-0.2, -0.15) is 5.10 Å². The van der Waals surface area contributed by atoms with Gasteiger partial charge in [0.15, 0.2) is 5.76 Å². The van der Waals surface area contributed by atoms with Crippen LogP contribution in [0.5, 0.6) is 0 Å². The lowest BCUT2D eigenvalue weighted by molar-refractivity contribution is -0.198. The zero-order valence-corrected chi connectivity index (χ0v) is 5.40. The molecule has 1 atom stereocenters. The summed E-state index contributed by atoms with van der Waals surface area (Å²) >= 11 is 0. The maximum atomic E-state index is 9.18. The van der Waals surface area contributed by atoms with Crippen LogP contribution in [0, 0.1) is 0 Å². The second-order valence-corrected chi connectivity index (χ2v) is 1.79. The smallest absolute Gasteiger partial charge is 0.323 e. The summed E-state index contributed by atoms with van der Waals surface area (Å²) in [6, 6.07) is 0. The van der Waals surface area contributed by atoms with Crippen molar-refractivity contribution in [2.45, 2.75) is 5.91 Å². The van der Waals surface area contributed by atoms with Crippen molar-refractivity contribution in [3.63, 3.8) is 0 Å². The van der Waals surface area contributed by atoms with Crippen molar-refractivity contribution in [1.29, 1.82) is 0 Å². The fourth-order valence-electron chi connectivity index (χ4n) is 0.553. The van der Waals surface area contributed by atoms with Crippen LogP contribution in [0.3, 0.4) is 0 Å². The van der Waals surface area contributed by atoms with Gasteiger partial charge in [0.1, 0.15) is 0 Å². The number of nitrogens with zero attached hydrogens (tertiary/aromatic N) is 1. The molecule has 56 valence electrons. The van der Waals surface area contributed by atoms with Gasteiger partial charge < -0.3 is 14.9 Å². The minimum absolute atomic E-state index is 0.315. The average molecular weight is 144 g/mol. The molecule has 1 rings (SSSR count). The molecular weight excluding hydrogens is 136 g/mol. The molecule has 3 N–H and O–H groups in total. The van der Waals surface area contributed by atoms with Gasteiger partial charge in [0.2, 0.25) is 0 Å². The first-order valence-corrected chi connectivity index (χ1v) is 2.66. The Balaban J connectivity index is 2.81. The number of hydrogen-bond acceptors (Lipinski definition) is 5. The van der Waals surface area contributed by atoms with Crippen LogP contribution in [-0.2, 0) is 4.74 Å². The summed E-state index contributed by atoms with van der Waals surface area (Å²) in [7, 11) is 1.25. The minimum Gasteiger partial charge on any atom is -0.505 e. The zero-order valence-electron chi connectivity index (χ0n) is 5.40. The molecule has 0 aromatic heterocycles. The van der Waals surface area contributed by atoms with E-state index in [1.54, 1.807) is 0 Å². The lowest BCUT2D eigenvalue weighted by Crippen LogP contribution is -2.47. The van der Waals surface area contributed by atoms with Crippen LogP contribution in [0.1, 0.15) is 0 Å². The van der Waals surface area contributed by atoms with Crippen LogP contribution in [0.2, 0.25) is 0 Å². The normalized spacial score (nSPS) is 31.2. The number of allylic oxidation sites excluding steroid dienone is 1. The number of hydrogen-bond donors (Lipinski definition) is 3. The molecule has 1 unspecified atom stereocenters. The summed E-state index contributed by atoms with van der Waals surface area (Å²) in [6.45, 7) is 0. The highest BCUT2D eigenvalue weighted by molar-refractivity contribution is 5.72. The average Bonchev–Trinajstić information content (AvgIpc) is 1.96. The number of aliphatic hydroxyl groups excluding tert-OH is 1. The van der Waals surface area contributed by atoms with Gasteiger partial charge in [-0.3, -0.25) is 0 Å². The van der Waals surface area contributed by atoms with Gasteiger partial charge in [-0.1, -0.05) is 0 Å². The number of rotatable bonds is 1. The number of methoxy groups -OCH3 is 1. The quantitative estimate of drug-likeness (QED) is 0.426. The summed E-state index contributed by atoms with van der Waals surface area (Å²) in [6.07, 6.45) is 2.54. The third-order valence-corrected chi connectivity index (χ3v) is 1.17. The number of ether oxygens (including phenoxy) is 1. The Hall–Kier alpha value is -1.07.